The number of methoxy groups -OCH3 is 1. The largest absolute Gasteiger partial charge is 0.467 e. The van der Waals surface area contributed by atoms with Crippen molar-refractivity contribution in [2.24, 2.45) is 0 Å². The molecule has 3 nitrogen and oxygen atoms in total. The van der Waals surface area contributed by atoms with Crippen molar-refractivity contribution in [1.29, 1.82) is 0 Å². The number of aryl methyl sites for hydroxylation is 1. The van der Waals surface area contributed by atoms with Crippen LogP contribution < -0.4 is 5.32 Å². The van der Waals surface area contributed by atoms with Crippen molar-refractivity contribution < 1.29 is 9.53 Å². The molecule has 0 aliphatic heterocycles. The molecular formula is C17H18ClNO2. The monoisotopic (exact) mass is 303 g/mol. The number of rotatable bonds is 4. The van der Waals surface area contributed by atoms with E-state index >= 15 is 0 Å². The van der Waals surface area contributed by atoms with Gasteiger partial charge in [-0.25, -0.2) is 4.79 Å². The molecule has 0 saturated carbocycles. The highest BCUT2D eigenvalue weighted by molar-refractivity contribution is 6.30. The van der Waals surface area contributed by atoms with Gasteiger partial charge < -0.3 is 10.1 Å². The minimum atomic E-state index is -0.979. The van der Waals surface area contributed by atoms with Gasteiger partial charge in [-0.2, -0.15) is 0 Å². The molecule has 21 heavy (non-hydrogen) atoms. The standard InChI is InChI=1S/C17H18ClNO2/c1-12-5-4-6-15(11-12)19-17(2,16(20)21-3)13-7-9-14(18)10-8-13/h4-11,19H,1-3H3. The van der Waals surface area contributed by atoms with E-state index in [1.807, 2.05) is 43.3 Å². The Labute approximate surface area is 129 Å². The number of carbonyl (C=O) groups is 1. The summed E-state index contributed by atoms with van der Waals surface area (Å²) in [6, 6.07) is 15.0. The molecule has 0 bridgehead atoms. The Morgan fingerprint density at radius 2 is 1.86 bits per heavy atom. The number of esters is 1. The first-order chi connectivity index (χ1) is 9.95. The fraction of sp³-hybridized carbons (Fsp3) is 0.235. The third-order valence-corrected chi connectivity index (χ3v) is 3.68. The lowest BCUT2D eigenvalue weighted by Gasteiger charge is -2.29. The number of anilines is 1. The van der Waals surface area contributed by atoms with Gasteiger partial charge >= 0.3 is 5.97 Å². The van der Waals surface area contributed by atoms with Crippen LogP contribution in [0.3, 0.4) is 0 Å². The van der Waals surface area contributed by atoms with Gasteiger partial charge in [0.1, 0.15) is 0 Å². The molecular weight excluding hydrogens is 286 g/mol. The molecule has 0 saturated heterocycles. The summed E-state index contributed by atoms with van der Waals surface area (Å²) in [6.45, 7) is 3.80. The van der Waals surface area contributed by atoms with Crippen LogP contribution in [-0.2, 0) is 15.1 Å². The zero-order valence-electron chi connectivity index (χ0n) is 12.3. The number of nitrogens with one attached hydrogen (secondary N) is 1. The molecule has 1 N–H and O–H groups in total. The summed E-state index contributed by atoms with van der Waals surface area (Å²) in [4.78, 5) is 12.3. The predicted octanol–water partition coefficient (Wildman–Crippen LogP) is 4.15. The highest BCUT2D eigenvalue weighted by atomic mass is 35.5. The van der Waals surface area contributed by atoms with Crippen LogP contribution in [0.4, 0.5) is 5.69 Å². The fourth-order valence-electron chi connectivity index (χ4n) is 2.24. The first-order valence-electron chi connectivity index (χ1n) is 6.65. The topological polar surface area (TPSA) is 38.3 Å². The second-order valence-corrected chi connectivity index (χ2v) is 5.55. The molecule has 0 aromatic heterocycles. The maximum absolute atomic E-state index is 12.3. The third-order valence-electron chi connectivity index (χ3n) is 3.43. The Kier molecular flexibility index (Phi) is 4.53. The predicted molar refractivity (Wildman–Crippen MR) is 85.6 cm³/mol. The lowest BCUT2D eigenvalue weighted by Crippen LogP contribution is -2.41. The van der Waals surface area contributed by atoms with Gasteiger partial charge in [-0.15, -0.1) is 0 Å². The summed E-state index contributed by atoms with van der Waals surface area (Å²) in [5, 5.41) is 3.89. The Balaban J connectivity index is 2.42. The second-order valence-electron chi connectivity index (χ2n) is 5.12. The van der Waals surface area contributed by atoms with Gasteiger partial charge in [-0.05, 0) is 49.2 Å². The van der Waals surface area contributed by atoms with E-state index < -0.39 is 5.54 Å². The average molecular weight is 304 g/mol. The van der Waals surface area contributed by atoms with Crippen LogP contribution in [0.2, 0.25) is 5.02 Å². The van der Waals surface area contributed by atoms with Crippen LogP contribution in [0.1, 0.15) is 18.1 Å². The van der Waals surface area contributed by atoms with Crippen LogP contribution in [-0.4, -0.2) is 13.1 Å². The van der Waals surface area contributed by atoms with Gasteiger partial charge in [0.05, 0.1) is 7.11 Å². The summed E-state index contributed by atoms with van der Waals surface area (Å²) < 4.78 is 4.97. The van der Waals surface area contributed by atoms with Crippen LogP contribution in [0, 0.1) is 6.92 Å². The normalized spacial score (nSPS) is 13.3. The average Bonchev–Trinajstić information content (AvgIpc) is 2.46. The molecule has 2 aromatic carbocycles. The zero-order valence-corrected chi connectivity index (χ0v) is 13.1. The van der Waals surface area contributed by atoms with Crippen molar-refractivity contribution in [3.8, 4) is 0 Å². The molecule has 4 heteroatoms. The Morgan fingerprint density at radius 3 is 2.43 bits per heavy atom. The molecule has 0 radical (unpaired) electrons. The van der Waals surface area contributed by atoms with Crippen molar-refractivity contribution in [2.75, 3.05) is 12.4 Å². The van der Waals surface area contributed by atoms with Crippen molar-refractivity contribution >= 4 is 23.3 Å². The van der Waals surface area contributed by atoms with Gasteiger partial charge in [-0.1, -0.05) is 35.9 Å². The van der Waals surface area contributed by atoms with E-state index in [1.54, 1.807) is 19.1 Å². The number of benzene rings is 2. The summed E-state index contributed by atoms with van der Waals surface area (Å²) >= 11 is 5.92. The molecule has 2 aromatic rings. The summed E-state index contributed by atoms with van der Waals surface area (Å²) in [5.74, 6) is -0.355. The Hall–Kier alpha value is -2.00. The van der Waals surface area contributed by atoms with Gasteiger partial charge in [-0.3, -0.25) is 0 Å². The van der Waals surface area contributed by atoms with E-state index in [-0.39, 0.29) is 5.97 Å². The van der Waals surface area contributed by atoms with Crippen molar-refractivity contribution in [3.63, 3.8) is 0 Å². The summed E-state index contributed by atoms with van der Waals surface area (Å²) in [7, 11) is 1.38. The molecule has 0 aliphatic carbocycles. The number of hydrogen-bond donors (Lipinski definition) is 1. The Morgan fingerprint density at radius 1 is 1.19 bits per heavy atom. The van der Waals surface area contributed by atoms with E-state index in [2.05, 4.69) is 5.32 Å². The lowest BCUT2D eigenvalue weighted by atomic mass is 9.91. The Bertz CT molecular complexity index is 639. The minimum absolute atomic E-state index is 0.355. The second kappa shape index (κ2) is 6.19. The maximum atomic E-state index is 12.3. The van der Waals surface area contributed by atoms with Crippen molar-refractivity contribution in [1.82, 2.24) is 0 Å². The van der Waals surface area contributed by atoms with Crippen molar-refractivity contribution in [3.05, 3.63) is 64.7 Å². The molecule has 0 spiro atoms. The lowest BCUT2D eigenvalue weighted by molar-refractivity contribution is -0.145. The van der Waals surface area contributed by atoms with Gasteiger partial charge in [0, 0.05) is 10.7 Å². The molecule has 0 amide bonds. The van der Waals surface area contributed by atoms with E-state index in [4.69, 9.17) is 16.3 Å². The number of halogens is 1. The minimum Gasteiger partial charge on any atom is -0.467 e. The molecule has 0 fully saturated rings. The van der Waals surface area contributed by atoms with Crippen LogP contribution in [0.15, 0.2) is 48.5 Å². The first-order valence-corrected chi connectivity index (χ1v) is 7.03. The van der Waals surface area contributed by atoms with E-state index in [1.165, 1.54) is 7.11 Å². The van der Waals surface area contributed by atoms with E-state index in [0.29, 0.717) is 5.02 Å². The van der Waals surface area contributed by atoms with Crippen LogP contribution in [0.5, 0.6) is 0 Å². The molecule has 1 unspecified atom stereocenters. The van der Waals surface area contributed by atoms with Crippen LogP contribution >= 0.6 is 11.6 Å². The van der Waals surface area contributed by atoms with Gasteiger partial charge in [0.15, 0.2) is 5.54 Å². The summed E-state index contributed by atoms with van der Waals surface area (Å²) in [5.41, 5.74) is 1.79. The third kappa shape index (κ3) is 3.37. The smallest absolute Gasteiger partial charge is 0.335 e. The quantitative estimate of drug-likeness (QED) is 0.862. The van der Waals surface area contributed by atoms with Crippen molar-refractivity contribution in [2.45, 2.75) is 19.4 Å². The molecule has 0 aliphatic rings. The fourth-order valence-corrected chi connectivity index (χ4v) is 2.37. The van der Waals surface area contributed by atoms with Gasteiger partial charge in [0.25, 0.3) is 0 Å². The SMILES string of the molecule is COC(=O)C(C)(Nc1cccc(C)c1)c1ccc(Cl)cc1. The maximum Gasteiger partial charge on any atom is 0.335 e. The first kappa shape index (κ1) is 15.4. The summed E-state index contributed by atoms with van der Waals surface area (Å²) in [6.07, 6.45) is 0. The molecule has 1 atom stereocenters. The molecule has 0 heterocycles. The van der Waals surface area contributed by atoms with Gasteiger partial charge in [0.2, 0.25) is 0 Å². The zero-order chi connectivity index (χ0) is 15.5. The van der Waals surface area contributed by atoms with E-state index in [0.717, 1.165) is 16.8 Å². The highest BCUT2D eigenvalue weighted by Crippen LogP contribution is 2.29. The number of ether oxygens (including phenoxy) is 1. The molecule has 110 valence electrons. The van der Waals surface area contributed by atoms with E-state index in [9.17, 15) is 4.79 Å². The number of carbonyl (C=O) groups excluding carboxylic acids is 1. The molecule has 2 rings (SSSR count). The highest BCUT2D eigenvalue weighted by Gasteiger charge is 2.36. The number of hydrogen-bond acceptors (Lipinski definition) is 3. The van der Waals surface area contributed by atoms with Crippen LogP contribution in [0.25, 0.3) is 0 Å².